The molecule has 0 aromatic carbocycles. The van der Waals surface area contributed by atoms with Crippen LogP contribution in [0.1, 0.15) is 45.4 Å². The fraction of sp³-hybridized carbons (Fsp3) is 0.867. The van der Waals surface area contributed by atoms with Gasteiger partial charge in [-0.2, -0.15) is 0 Å². The number of hydrogen-bond acceptors (Lipinski definition) is 4. The van der Waals surface area contributed by atoms with Gasteiger partial charge in [-0.05, 0) is 19.8 Å². The first kappa shape index (κ1) is 16.2. The molecule has 0 spiro atoms. The first-order valence-electron chi connectivity index (χ1n) is 7.74. The fourth-order valence-electron chi connectivity index (χ4n) is 3.36. The third-order valence-electron chi connectivity index (χ3n) is 4.78. The van der Waals surface area contributed by atoms with Gasteiger partial charge < -0.3 is 19.8 Å². The molecule has 2 aliphatic rings. The van der Waals surface area contributed by atoms with E-state index < -0.39 is 11.4 Å². The Balaban J connectivity index is 2.05. The highest BCUT2D eigenvalue weighted by Gasteiger charge is 2.43. The predicted octanol–water partition coefficient (Wildman–Crippen LogP) is 1.02. The molecule has 0 aromatic rings. The Morgan fingerprint density at radius 2 is 1.95 bits per heavy atom. The predicted molar refractivity (Wildman–Crippen MR) is 75.8 cm³/mol. The molecular weight excluding hydrogens is 274 g/mol. The first-order valence-corrected chi connectivity index (χ1v) is 7.74. The van der Waals surface area contributed by atoms with E-state index in [9.17, 15) is 19.8 Å². The molecule has 0 radical (unpaired) electrons. The molecule has 1 aliphatic heterocycles. The maximum absolute atomic E-state index is 12.6. The highest BCUT2D eigenvalue weighted by atomic mass is 16.5. The zero-order valence-electron chi connectivity index (χ0n) is 12.6. The summed E-state index contributed by atoms with van der Waals surface area (Å²) in [4.78, 5) is 25.9. The zero-order chi connectivity index (χ0) is 15.5. The molecule has 2 atom stereocenters. The summed E-state index contributed by atoms with van der Waals surface area (Å²) >= 11 is 0. The third kappa shape index (κ3) is 3.55. The maximum Gasteiger partial charge on any atom is 0.310 e. The van der Waals surface area contributed by atoms with Gasteiger partial charge >= 0.3 is 5.97 Å². The van der Waals surface area contributed by atoms with Crippen molar-refractivity contribution < 1.29 is 24.5 Å². The highest BCUT2D eigenvalue weighted by molar-refractivity contribution is 5.85. The van der Waals surface area contributed by atoms with Crippen molar-refractivity contribution in [2.45, 2.75) is 57.6 Å². The lowest BCUT2D eigenvalue weighted by Crippen LogP contribution is -2.53. The molecule has 1 saturated carbocycles. The number of aliphatic carboxylic acids is 1. The number of amides is 1. The smallest absolute Gasteiger partial charge is 0.310 e. The second-order valence-electron chi connectivity index (χ2n) is 6.36. The lowest BCUT2D eigenvalue weighted by molar-refractivity contribution is -0.160. The van der Waals surface area contributed by atoms with E-state index in [2.05, 4.69) is 0 Å². The van der Waals surface area contributed by atoms with E-state index in [-0.39, 0.29) is 31.1 Å². The van der Waals surface area contributed by atoms with Crippen LogP contribution in [0.5, 0.6) is 0 Å². The molecule has 1 amide bonds. The summed E-state index contributed by atoms with van der Waals surface area (Å²) in [6.07, 6.45) is 3.65. The Labute approximate surface area is 125 Å². The van der Waals surface area contributed by atoms with E-state index in [1.54, 1.807) is 4.90 Å². The SMILES string of the molecule is CC1COC(CO)CN1C(=O)CC1(C(=O)O)CCCCC1. The van der Waals surface area contributed by atoms with Gasteiger partial charge in [0.25, 0.3) is 0 Å². The van der Waals surface area contributed by atoms with Gasteiger partial charge in [-0.25, -0.2) is 0 Å². The van der Waals surface area contributed by atoms with Crippen molar-refractivity contribution in [3.63, 3.8) is 0 Å². The van der Waals surface area contributed by atoms with Crippen molar-refractivity contribution in [2.75, 3.05) is 19.8 Å². The molecule has 2 rings (SSSR count). The van der Waals surface area contributed by atoms with Crippen LogP contribution in [-0.2, 0) is 14.3 Å². The van der Waals surface area contributed by atoms with Crippen LogP contribution in [0.25, 0.3) is 0 Å². The monoisotopic (exact) mass is 299 g/mol. The molecule has 2 N–H and O–H groups in total. The Morgan fingerprint density at radius 3 is 2.52 bits per heavy atom. The second-order valence-corrected chi connectivity index (χ2v) is 6.36. The number of carboxylic acid groups (broad SMARTS) is 1. The summed E-state index contributed by atoms with van der Waals surface area (Å²) in [7, 11) is 0. The average molecular weight is 299 g/mol. The molecular formula is C15H25NO5. The average Bonchev–Trinajstić information content (AvgIpc) is 2.48. The van der Waals surface area contributed by atoms with Crippen molar-refractivity contribution in [3.8, 4) is 0 Å². The molecule has 21 heavy (non-hydrogen) atoms. The molecule has 120 valence electrons. The first-order chi connectivity index (χ1) is 9.98. The van der Waals surface area contributed by atoms with E-state index >= 15 is 0 Å². The number of rotatable bonds is 4. The van der Waals surface area contributed by atoms with Gasteiger partial charge in [-0.3, -0.25) is 9.59 Å². The quantitative estimate of drug-likeness (QED) is 0.809. The van der Waals surface area contributed by atoms with Crippen LogP contribution in [0.2, 0.25) is 0 Å². The van der Waals surface area contributed by atoms with E-state index in [0.29, 0.717) is 26.0 Å². The van der Waals surface area contributed by atoms with Gasteiger partial charge in [0.05, 0.1) is 30.8 Å². The number of ether oxygens (including phenoxy) is 1. The minimum atomic E-state index is -0.901. The number of hydrogen-bond donors (Lipinski definition) is 2. The van der Waals surface area contributed by atoms with Crippen molar-refractivity contribution in [1.29, 1.82) is 0 Å². The number of aliphatic hydroxyl groups excluding tert-OH is 1. The van der Waals surface area contributed by atoms with Crippen LogP contribution in [0.15, 0.2) is 0 Å². The normalized spacial score (nSPS) is 29.1. The Kier molecular flexibility index (Phi) is 5.22. The van der Waals surface area contributed by atoms with Gasteiger partial charge in [-0.15, -0.1) is 0 Å². The number of nitrogens with zero attached hydrogens (tertiary/aromatic N) is 1. The molecule has 0 bridgehead atoms. The number of aliphatic hydroxyl groups is 1. The van der Waals surface area contributed by atoms with Crippen LogP contribution in [0.3, 0.4) is 0 Å². The van der Waals surface area contributed by atoms with Gasteiger partial charge in [0, 0.05) is 13.0 Å². The molecule has 2 fully saturated rings. The molecule has 1 saturated heterocycles. The Bertz CT molecular complexity index is 392. The standard InChI is InChI=1S/C15H25NO5/c1-11-10-21-12(9-17)8-16(11)13(18)7-15(14(19)20)5-3-2-4-6-15/h11-12,17H,2-10H2,1H3,(H,19,20). The molecule has 1 heterocycles. The van der Waals surface area contributed by atoms with Crippen molar-refractivity contribution in [3.05, 3.63) is 0 Å². The Hall–Kier alpha value is -1.14. The van der Waals surface area contributed by atoms with E-state index in [1.807, 2.05) is 6.92 Å². The summed E-state index contributed by atoms with van der Waals surface area (Å²) in [6, 6.07) is -0.0743. The fourth-order valence-corrected chi connectivity index (χ4v) is 3.36. The highest BCUT2D eigenvalue weighted by Crippen LogP contribution is 2.40. The number of carboxylic acids is 1. The molecule has 6 nitrogen and oxygen atoms in total. The summed E-state index contributed by atoms with van der Waals surface area (Å²) in [5.41, 5.74) is -0.901. The number of carbonyl (C=O) groups excluding carboxylic acids is 1. The van der Waals surface area contributed by atoms with Crippen LogP contribution in [-0.4, -0.2) is 58.9 Å². The van der Waals surface area contributed by atoms with Crippen molar-refractivity contribution >= 4 is 11.9 Å². The minimum absolute atomic E-state index is 0.0603. The van der Waals surface area contributed by atoms with Crippen LogP contribution < -0.4 is 0 Å². The maximum atomic E-state index is 12.6. The van der Waals surface area contributed by atoms with E-state index in [0.717, 1.165) is 19.3 Å². The van der Waals surface area contributed by atoms with Crippen LogP contribution in [0, 0.1) is 5.41 Å². The largest absolute Gasteiger partial charge is 0.481 e. The lowest BCUT2D eigenvalue weighted by atomic mass is 9.71. The minimum Gasteiger partial charge on any atom is -0.481 e. The van der Waals surface area contributed by atoms with Crippen molar-refractivity contribution in [2.24, 2.45) is 5.41 Å². The number of morpholine rings is 1. The second kappa shape index (κ2) is 6.75. The topological polar surface area (TPSA) is 87.1 Å². The van der Waals surface area contributed by atoms with Crippen molar-refractivity contribution in [1.82, 2.24) is 4.90 Å². The molecule has 6 heteroatoms. The summed E-state index contributed by atoms with van der Waals surface area (Å²) in [6.45, 7) is 2.49. The third-order valence-corrected chi connectivity index (χ3v) is 4.78. The molecule has 0 aromatic heterocycles. The lowest BCUT2D eigenvalue weighted by Gasteiger charge is -2.40. The number of carbonyl (C=O) groups is 2. The summed E-state index contributed by atoms with van der Waals surface area (Å²) in [5, 5.41) is 18.7. The van der Waals surface area contributed by atoms with Gasteiger partial charge in [-0.1, -0.05) is 19.3 Å². The zero-order valence-corrected chi connectivity index (χ0v) is 12.6. The van der Waals surface area contributed by atoms with E-state index in [4.69, 9.17) is 4.74 Å². The molecule has 1 aliphatic carbocycles. The van der Waals surface area contributed by atoms with Gasteiger partial charge in [0.1, 0.15) is 0 Å². The van der Waals surface area contributed by atoms with Crippen LogP contribution in [0.4, 0.5) is 0 Å². The Morgan fingerprint density at radius 1 is 1.29 bits per heavy atom. The van der Waals surface area contributed by atoms with E-state index in [1.165, 1.54) is 0 Å². The van der Waals surface area contributed by atoms with Gasteiger partial charge in [0.2, 0.25) is 5.91 Å². The van der Waals surface area contributed by atoms with Crippen LogP contribution >= 0.6 is 0 Å². The summed E-state index contributed by atoms with van der Waals surface area (Å²) < 4.78 is 5.42. The molecule has 2 unspecified atom stereocenters. The summed E-state index contributed by atoms with van der Waals surface area (Å²) in [5.74, 6) is -0.983. The van der Waals surface area contributed by atoms with Gasteiger partial charge in [0.15, 0.2) is 0 Å².